The van der Waals surface area contributed by atoms with Crippen LogP contribution in [-0.2, 0) is 24.3 Å². The topological polar surface area (TPSA) is 44.5 Å². The summed E-state index contributed by atoms with van der Waals surface area (Å²) in [5.74, 6) is 5.99. The van der Waals surface area contributed by atoms with Crippen molar-refractivity contribution in [1.29, 1.82) is 0 Å². The lowest BCUT2D eigenvalue weighted by Gasteiger charge is -2.18. The lowest BCUT2D eigenvalue weighted by molar-refractivity contribution is 0.122. The summed E-state index contributed by atoms with van der Waals surface area (Å²) in [4.78, 5) is 4.68. The summed E-state index contributed by atoms with van der Waals surface area (Å²) >= 11 is 0. The van der Waals surface area contributed by atoms with Gasteiger partial charge in [0.05, 0.1) is 13.7 Å². The standard InChI is InChI=1S/C12H17NO2/c1-14-12-7-10-5-3-2-4-9(10)6-11(12)8-15-13/h6-7H,2-5,8,13H2,1H3. The van der Waals surface area contributed by atoms with Gasteiger partial charge in [0, 0.05) is 5.56 Å². The highest BCUT2D eigenvalue weighted by atomic mass is 16.6. The van der Waals surface area contributed by atoms with Crippen LogP contribution in [0.5, 0.6) is 5.75 Å². The smallest absolute Gasteiger partial charge is 0.124 e. The van der Waals surface area contributed by atoms with Crippen molar-refractivity contribution in [2.75, 3.05) is 7.11 Å². The minimum Gasteiger partial charge on any atom is -0.496 e. The molecule has 3 nitrogen and oxygen atoms in total. The number of ether oxygens (including phenoxy) is 1. The molecule has 3 heteroatoms. The van der Waals surface area contributed by atoms with Crippen molar-refractivity contribution >= 4 is 0 Å². The molecule has 0 saturated heterocycles. The van der Waals surface area contributed by atoms with Crippen LogP contribution in [0.4, 0.5) is 0 Å². The molecule has 0 bridgehead atoms. The maximum absolute atomic E-state index is 5.33. The van der Waals surface area contributed by atoms with Gasteiger partial charge < -0.3 is 4.74 Å². The van der Waals surface area contributed by atoms with Crippen LogP contribution in [0.15, 0.2) is 12.1 Å². The van der Waals surface area contributed by atoms with Crippen molar-refractivity contribution in [2.24, 2.45) is 5.90 Å². The number of methoxy groups -OCH3 is 1. The highest BCUT2D eigenvalue weighted by Gasteiger charge is 2.13. The Morgan fingerprint density at radius 2 is 1.87 bits per heavy atom. The number of nitrogens with two attached hydrogens (primary N) is 1. The number of aryl methyl sites for hydroxylation is 2. The predicted octanol–water partition coefficient (Wildman–Crippen LogP) is 1.96. The SMILES string of the molecule is COc1cc2c(cc1CON)CCCC2. The van der Waals surface area contributed by atoms with Gasteiger partial charge in [0.15, 0.2) is 0 Å². The van der Waals surface area contributed by atoms with E-state index in [4.69, 9.17) is 10.6 Å². The maximum Gasteiger partial charge on any atom is 0.124 e. The zero-order chi connectivity index (χ0) is 10.7. The Morgan fingerprint density at radius 3 is 2.47 bits per heavy atom. The Balaban J connectivity index is 2.37. The average molecular weight is 207 g/mol. The van der Waals surface area contributed by atoms with Gasteiger partial charge in [-0.05, 0) is 48.9 Å². The fourth-order valence-corrected chi connectivity index (χ4v) is 2.21. The molecule has 0 heterocycles. The Labute approximate surface area is 90.1 Å². The lowest BCUT2D eigenvalue weighted by atomic mass is 9.90. The summed E-state index contributed by atoms with van der Waals surface area (Å²) in [7, 11) is 1.69. The van der Waals surface area contributed by atoms with Crippen molar-refractivity contribution in [1.82, 2.24) is 0 Å². The molecule has 0 fully saturated rings. The predicted molar refractivity (Wildman–Crippen MR) is 58.6 cm³/mol. The monoisotopic (exact) mass is 207 g/mol. The lowest BCUT2D eigenvalue weighted by Crippen LogP contribution is -2.07. The molecule has 0 radical (unpaired) electrons. The van der Waals surface area contributed by atoms with E-state index in [9.17, 15) is 0 Å². The molecule has 0 aliphatic heterocycles. The van der Waals surface area contributed by atoms with Crippen LogP contribution >= 0.6 is 0 Å². The number of fused-ring (bicyclic) bond motifs is 1. The summed E-state index contributed by atoms with van der Waals surface area (Å²) in [5.41, 5.74) is 3.88. The summed E-state index contributed by atoms with van der Waals surface area (Å²) in [6.07, 6.45) is 4.89. The van der Waals surface area contributed by atoms with Crippen LogP contribution in [0.1, 0.15) is 29.5 Å². The highest BCUT2D eigenvalue weighted by molar-refractivity contribution is 5.43. The molecule has 0 saturated carbocycles. The number of hydrogen-bond acceptors (Lipinski definition) is 3. The normalized spacial score (nSPS) is 14.8. The van der Waals surface area contributed by atoms with Gasteiger partial charge in [-0.15, -0.1) is 0 Å². The van der Waals surface area contributed by atoms with Gasteiger partial charge in [0.1, 0.15) is 5.75 Å². The summed E-state index contributed by atoms with van der Waals surface area (Å²) in [6, 6.07) is 4.29. The van der Waals surface area contributed by atoms with Crippen LogP contribution in [0.3, 0.4) is 0 Å². The van der Waals surface area contributed by atoms with Crippen molar-refractivity contribution < 1.29 is 9.57 Å². The number of benzene rings is 1. The van der Waals surface area contributed by atoms with E-state index in [1.165, 1.54) is 24.0 Å². The molecule has 1 aromatic rings. The molecule has 0 atom stereocenters. The molecule has 2 rings (SSSR count). The van der Waals surface area contributed by atoms with E-state index in [1.807, 2.05) is 0 Å². The second kappa shape index (κ2) is 4.64. The van der Waals surface area contributed by atoms with E-state index in [-0.39, 0.29) is 0 Å². The molecule has 1 aliphatic carbocycles. The zero-order valence-electron chi connectivity index (χ0n) is 9.08. The summed E-state index contributed by atoms with van der Waals surface area (Å²) < 4.78 is 5.33. The molecule has 82 valence electrons. The van der Waals surface area contributed by atoms with Crippen molar-refractivity contribution in [3.63, 3.8) is 0 Å². The largest absolute Gasteiger partial charge is 0.496 e. The molecule has 0 aromatic heterocycles. The molecule has 0 unspecified atom stereocenters. The zero-order valence-corrected chi connectivity index (χ0v) is 9.08. The average Bonchev–Trinajstić information content (AvgIpc) is 2.28. The summed E-state index contributed by atoms with van der Waals surface area (Å²) in [6.45, 7) is 0.413. The minimum absolute atomic E-state index is 0.413. The number of hydrogen-bond donors (Lipinski definition) is 1. The van der Waals surface area contributed by atoms with E-state index >= 15 is 0 Å². The van der Waals surface area contributed by atoms with Crippen LogP contribution in [-0.4, -0.2) is 7.11 Å². The Hall–Kier alpha value is -1.06. The first kappa shape index (κ1) is 10.5. The molecule has 1 aliphatic rings. The number of rotatable bonds is 3. The van der Waals surface area contributed by atoms with Gasteiger partial charge >= 0.3 is 0 Å². The molecule has 2 N–H and O–H groups in total. The van der Waals surface area contributed by atoms with Crippen LogP contribution in [0.2, 0.25) is 0 Å². The first-order valence-electron chi connectivity index (χ1n) is 5.35. The van der Waals surface area contributed by atoms with Gasteiger partial charge in [-0.3, -0.25) is 4.84 Å². The quantitative estimate of drug-likeness (QED) is 0.771. The first-order chi connectivity index (χ1) is 7.35. The molecule has 1 aromatic carbocycles. The van der Waals surface area contributed by atoms with Crippen molar-refractivity contribution in [2.45, 2.75) is 32.3 Å². The third-order valence-corrected chi connectivity index (χ3v) is 2.98. The molecule has 15 heavy (non-hydrogen) atoms. The van der Waals surface area contributed by atoms with Crippen LogP contribution < -0.4 is 10.6 Å². The van der Waals surface area contributed by atoms with E-state index in [2.05, 4.69) is 17.0 Å². The van der Waals surface area contributed by atoms with Gasteiger partial charge in [0.25, 0.3) is 0 Å². The molecular weight excluding hydrogens is 190 g/mol. The first-order valence-corrected chi connectivity index (χ1v) is 5.35. The molecule has 0 spiro atoms. The highest BCUT2D eigenvalue weighted by Crippen LogP contribution is 2.29. The minimum atomic E-state index is 0.413. The van der Waals surface area contributed by atoms with Crippen LogP contribution in [0, 0.1) is 0 Å². The van der Waals surface area contributed by atoms with Gasteiger partial charge in [-0.1, -0.05) is 0 Å². The summed E-state index contributed by atoms with van der Waals surface area (Å²) in [5, 5.41) is 0. The fourth-order valence-electron chi connectivity index (χ4n) is 2.21. The van der Waals surface area contributed by atoms with Crippen molar-refractivity contribution in [3.8, 4) is 5.75 Å². The van der Waals surface area contributed by atoms with Gasteiger partial charge in [-0.2, -0.15) is 0 Å². The van der Waals surface area contributed by atoms with E-state index < -0.39 is 0 Å². The van der Waals surface area contributed by atoms with E-state index in [0.717, 1.165) is 24.2 Å². The Kier molecular flexibility index (Phi) is 3.23. The van der Waals surface area contributed by atoms with Crippen molar-refractivity contribution in [3.05, 3.63) is 28.8 Å². The Bertz CT molecular complexity index is 350. The Morgan fingerprint density at radius 1 is 1.20 bits per heavy atom. The fraction of sp³-hybridized carbons (Fsp3) is 0.500. The molecular formula is C12H17NO2. The van der Waals surface area contributed by atoms with Crippen LogP contribution in [0.25, 0.3) is 0 Å². The second-order valence-electron chi connectivity index (χ2n) is 3.95. The second-order valence-corrected chi connectivity index (χ2v) is 3.95. The van der Waals surface area contributed by atoms with Gasteiger partial charge in [-0.25, -0.2) is 5.90 Å². The van der Waals surface area contributed by atoms with E-state index in [0.29, 0.717) is 6.61 Å². The maximum atomic E-state index is 5.33. The van der Waals surface area contributed by atoms with E-state index in [1.54, 1.807) is 7.11 Å². The third kappa shape index (κ3) is 2.13. The third-order valence-electron chi connectivity index (χ3n) is 2.98. The van der Waals surface area contributed by atoms with Gasteiger partial charge in [0.2, 0.25) is 0 Å². The molecule has 0 amide bonds.